The quantitative estimate of drug-likeness (QED) is 0.524. The summed E-state index contributed by atoms with van der Waals surface area (Å²) in [4.78, 5) is 11.4. The van der Waals surface area contributed by atoms with Gasteiger partial charge in [0.15, 0.2) is 5.78 Å². The molecule has 0 aliphatic carbocycles. The molecule has 0 aliphatic rings. The van der Waals surface area contributed by atoms with Crippen LogP contribution in [0.3, 0.4) is 0 Å². The van der Waals surface area contributed by atoms with Crippen molar-refractivity contribution in [2.45, 2.75) is 47.0 Å². The fourth-order valence-electron chi connectivity index (χ4n) is 1.27. The molecule has 0 N–H and O–H groups in total. The Balaban J connectivity index is 3.22. The van der Waals surface area contributed by atoms with E-state index < -0.39 is 0 Å². The molecule has 0 heterocycles. The van der Waals surface area contributed by atoms with Crippen molar-refractivity contribution in [1.29, 1.82) is 0 Å². The minimum atomic E-state index is 0.179. The van der Waals surface area contributed by atoms with Crippen LogP contribution in [-0.2, 0) is 14.3 Å². The Labute approximate surface area is 106 Å². The SMILES string of the molecule is CC(C)CCOCCCC(=O)COCC(C)C. The van der Waals surface area contributed by atoms with Crippen LogP contribution in [-0.4, -0.2) is 32.2 Å². The zero-order valence-electron chi connectivity index (χ0n) is 11.8. The van der Waals surface area contributed by atoms with Gasteiger partial charge in [0, 0.05) is 26.2 Å². The van der Waals surface area contributed by atoms with Crippen LogP contribution in [0.25, 0.3) is 0 Å². The molecule has 3 nitrogen and oxygen atoms in total. The van der Waals surface area contributed by atoms with Crippen molar-refractivity contribution in [3.05, 3.63) is 0 Å². The molecule has 0 aromatic carbocycles. The highest BCUT2D eigenvalue weighted by atomic mass is 16.5. The molecule has 0 aliphatic heterocycles. The van der Waals surface area contributed by atoms with Crippen molar-refractivity contribution >= 4 is 5.78 Å². The summed E-state index contributed by atoms with van der Waals surface area (Å²) in [5.41, 5.74) is 0. The van der Waals surface area contributed by atoms with Crippen molar-refractivity contribution in [3.63, 3.8) is 0 Å². The number of hydrogen-bond donors (Lipinski definition) is 0. The Kier molecular flexibility index (Phi) is 10.5. The lowest BCUT2D eigenvalue weighted by atomic mass is 10.1. The lowest BCUT2D eigenvalue weighted by Crippen LogP contribution is -2.12. The molecule has 17 heavy (non-hydrogen) atoms. The van der Waals surface area contributed by atoms with Crippen molar-refractivity contribution in [1.82, 2.24) is 0 Å². The average molecular weight is 244 g/mol. The molecule has 0 saturated heterocycles. The Morgan fingerprint density at radius 2 is 1.71 bits per heavy atom. The molecule has 0 aromatic heterocycles. The van der Waals surface area contributed by atoms with Gasteiger partial charge < -0.3 is 9.47 Å². The molecule has 0 saturated carbocycles. The topological polar surface area (TPSA) is 35.5 Å². The van der Waals surface area contributed by atoms with Crippen LogP contribution in [0.1, 0.15) is 47.0 Å². The van der Waals surface area contributed by atoms with E-state index in [9.17, 15) is 4.79 Å². The van der Waals surface area contributed by atoms with Crippen LogP contribution in [0.4, 0.5) is 0 Å². The van der Waals surface area contributed by atoms with Crippen LogP contribution in [0.2, 0.25) is 0 Å². The molecule has 0 spiro atoms. The first-order valence-corrected chi connectivity index (χ1v) is 6.69. The van der Waals surface area contributed by atoms with Gasteiger partial charge in [-0.2, -0.15) is 0 Å². The molecule has 0 rings (SSSR count). The number of ketones is 1. The summed E-state index contributed by atoms with van der Waals surface area (Å²) in [5.74, 6) is 1.35. The number of ether oxygens (including phenoxy) is 2. The minimum Gasteiger partial charge on any atom is -0.381 e. The monoisotopic (exact) mass is 244 g/mol. The first kappa shape index (κ1) is 16.6. The van der Waals surface area contributed by atoms with Crippen LogP contribution in [0, 0.1) is 11.8 Å². The highest BCUT2D eigenvalue weighted by molar-refractivity contribution is 5.79. The van der Waals surface area contributed by atoms with E-state index in [1.54, 1.807) is 0 Å². The molecule has 0 aromatic rings. The molecular formula is C14H28O3. The highest BCUT2D eigenvalue weighted by Gasteiger charge is 2.03. The van der Waals surface area contributed by atoms with Crippen LogP contribution in [0.5, 0.6) is 0 Å². The zero-order valence-corrected chi connectivity index (χ0v) is 11.8. The maximum Gasteiger partial charge on any atom is 0.158 e. The smallest absolute Gasteiger partial charge is 0.158 e. The fourth-order valence-corrected chi connectivity index (χ4v) is 1.27. The first-order valence-electron chi connectivity index (χ1n) is 6.69. The minimum absolute atomic E-state index is 0.179. The van der Waals surface area contributed by atoms with Crippen molar-refractivity contribution < 1.29 is 14.3 Å². The van der Waals surface area contributed by atoms with Gasteiger partial charge in [0.05, 0.1) is 0 Å². The second-order valence-corrected chi connectivity index (χ2v) is 5.35. The normalized spacial score (nSPS) is 11.4. The summed E-state index contributed by atoms with van der Waals surface area (Å²) in [7, 11) is 0. The Bertz CT molecular complexity index is 188. The van der Waals surface area contributed by atoms with Gasteiger partial charge in [0.1, 0.15) is 6.61 Å². The lowest BCUT2D eigenvalue weighted by Gasteiger charge is -2.07. The van der Waals surface area contributed by atoms with Gasteiger partial charge >= 0.3 is 0 Å². The summed E-state index contributed by atoms with van der Waals surface area (Å²) in [6, 6.07) is 0. The number of Topliss-reactive ketones (excluding diaryl/α,β-unsaturated/α-hetero) is 1. The van der Waals surface area contributed by atoms with Gasteiger partial charge in [-0.25, -0.2) is 0 Å². The van der Waals surface area contributed by atoms with Crippen molar-refractivity contribution in [3.8, 4) is 0 Å². The van der Waals surface area contributed by atoms with Crippen molar-refractivity contribution in [2.24, 2.45) is 11.8 Å². The third-order valence-corrected chi connectivity index (χ3v) is 2.30. The predicted octanol–water partition coefficient (Wildman–Crippen LogP) is 3.07. The van der Waals surface area contributed by atoms with Gasteiger partial charge in [-0.1, -0.05) is 27.7 Å². The van der Waals surface area contributed by atoms with Crippen LogP contribution < -0.4 is 0 Å². The van der Waals surface area contributed by atoms with E-state index in [4.69, 9.17) is 9.47 Å². The van der Waals surface area contributed by atoms with Gasteiger partial charge in [0.25, 0.3) is 0 Å². The Morgan fingerprint density at radius 3 is 2.29 bits per heavy atom. The summed E-state index contributed by atoms with van der Waals surface area (Å²) < 4.78 is 10.7. The lowest BCUT2D eigenvalue weighted by molar-refractivity contribution is -0.124. The highest BCUT2D eigenvalue weighted by Crippen LogP contribution is 2.00. The number of hydrogen-bond acceptors (Lipinski definition) is 3. The summed E-state index contributed by atoms with van der Waals surface area (Å²) in [6.07, 6.45) is 2.47. The standard InChI is InChI=1S/C14H28O3/c1-12(2)7-9-16-8-5-6-14(15)11-17-10-13(3)4/h12-13H,5-11H2,1-4H3. The Hall–Kier alpha value is -0.410. The molecule has 0 bridgehead atoms. The van der Waals surface area contributed by atoms with E-state index >= 15 is 0 Å². The third kappa shape index (κ3) is 13.5. The van der Waals surface area contributed by atoms with E-state index in [-0.39, 0.29) is 12.4 Å². The molecule has 102 valence electrons. The second kappa shape index (κ2) is 10.7. The zero-order chi connectivity index (χ0) is 13.1. The second-order valence-electron chi connectivity index (χ2n) is 5.35. The van der Waals surface area contributed by atoms with Crippen molar-refractivity contribution in [2.75, 3.05) is 26.4 Å². The number of carbonyl (C=O) groups is 1. The van der Waals surface area contributed by atoms with Crippen LogP contribution >= 0.6 is 0 Å². The van der Waals surface area contributed by atoms with Gasteiger partial charge in [-0.05, 0) is 24.7 Å². The van der Waals surface area contributed by atoms with E-state index in [1.807, 2.05) is 0 Å². The molecule has 0 amide bonds. The van der Waals surface area contributed by atoms with Gasteiger partial charge in [0.2, 0.25) is 0 Å². The molecule has 0 radical (unpaired) electrons. The maximum absolute atomic E-state index is 11.4. The molecule has 0 atom stereocenters. The van der Waals surface area contributed by atoms with Gasteiger partial charge in [-0.15, -0.1) is 0 Å². The summed E-state index contributed by atoms with van der Waals surface area (Å²) >= 11 is 0. The molecule has 3 heteroatoms. The predicted molar refractivity (Wildman–Crippen MR) is 70.2 cm³/mol. The molecular weight excluding hydrogens is 216 g/mol. The average Bonchev–Trinajstić information content (AvgIpc) is 2.22. The van der Waals surface area contributed by atoms with E-state index in [2.05, 4.69) is 27.7 Å². The molecule has 0 fully saturated rings. The van der Waals surface area contributed by atoms with Crippen LogP contribution in [0.15, 0.2) is 0 Å². The number of rotatable bonds is 11. The maximum atomic E-state index is 11.4. The summed E-state index contributed by atoms with van der Waals surface area (Å²) in [6.45, 7) is 10.9. The third-order valence-electron chi connectivity index (χ3n) is 2.30. The summed E-state index contributed by atoms with van der Waals surface area (Å²) in [5, 5.41) is 0. The van der Waals surface area contributed by atoms with Gasteiger partial charge in [-0.3, -0.25) is 4.79 Å². The largest absolute Gasteiger partial charge is 0.381 e. The Morgan fingerprint density at radius 1 is 1.00 bits per heavy atom. The van der Waals surface area contributed by atoms with E-state index in [1.165, 1.54) is 0 Å². The fraction of sp³-hybridized carbons (Fsp3) is 0.929. The van der Waals surface area contributed by atoms with E-state index in [0.29, 0.717) is 31.5 Å². The molecule has 0 unspecified atom stereocenters. The number of carbonyl (C=O) groups excluding carboxylic acids is 1. The van der Waals surface area contributed by atoms with E-state index in [0.717, 1.165) is 19.4 Å². The first-order chi connectivity index (χ1) is 8.02.